The average Bonchev–Trinajstić information content (AvgIpc) is 1.36. The maximum absolute atomic E-state index is 9.45. The predicted octanol–water partition coefficient (Wildman–Crippen LogP) is -5.05. The minimum absolute atomic E-state index is 0. The monoisotopic (exact) mass is 220 g/mol. The molecule has 0 spiro atoms. The Morgan fingerprint density at radius 3 is 1.17 bits per heavy atom. The van der Waals surface area contributed by atoms with Crippen molar-refractivity contribution in [3.8, 4) is 0 Å². The largest absolute Gasteiger partial charge is 2.00 e. The fourth-order valence-corrected chi connectivity index (χ4v) is 0. The van der Waals surface area contributed by atoms with Gasteiger partial charge in [-0.3, -0.25) is 0 Å². The van der Waals surface area contributed by atoms with Crippen LogP contribution in [0.2, 0.25) is 0 Å². The number of hydrogen-bond acceptors (Lipinski definition) is 2. The van der Waals surface area contributed by atoms with Crippen LogP contribution in [0.1, 0.15) is 6.92 Å². The summed E-state index contributed by atoms with van der Waals surface area (Å²) in [5.74, 6) is -1.19. The molecule has 0 heterocycles. The Morgan fingerprint density at radius 1 is 1.08 bits per heavy atom. The summed E-state index contributed by atoms with van der Waals surface area (Å²) in [5, 5.41) is 15.8. The van der Waals surface area contributed by atoms with Crippen molar-refractivity contribution in [3.63, 3.8) is 0 Å². The Labute approximate surface area is 98.7 Å². The Bertz CT molecular complexity index is 65.3. The number of aliphatic hydroxyl groups excluding tert-OH is 1. The molecule has 0 saturated heterocycles. The summed E-state index contributed by atoms with van der Waals surface area (Å²) in [6, 6.07) is 0. The van der Waals surface area contributed by atoms with Crippen molar-refractivity contribution in [1.29, 1.82) is 0 Å². The van der Waals surface area contributed by atoms with Gasteiger partial charge in [-0.1, -0.05) is 0 Å². The van der Waals surface area contributed by atoms with E-state index in [1.54, 1.807) is 0 Å². The molecule has 0 fully saturated rings. The Balaban J connectivity index is -0.00000000833. The molecule has 0 aromatic rings. The second-order valence-corrected chi connectivity index (χ2v) is 1.01. The first-order valence-electron chi connectivity index (χ1n) is 1.55. The van der Waals surface area contributed by atoms with Gasteiger partial charge in [0, 0.05) is 0 Å². The molecule has 0 bridgehead atoms. The van der Waals surface area contributed by atoms with E-state index in [9.17, 15) is 4.79 Å². The van der Waals surface area contributed by atoms with Gasteiger partial charge in [0.05, 0.1) is 0 Å². The van der Waals surface area contributed by atoms with Crippen molar-refractivity contribution in [1.82, 2.24) is 0 Å². The summed E-state index contributed by atoms with van der Waals surface area (Å²) in [4.78, 5) is 9.45. The van der Waals surface area contributed by atoms with Gasteiger partial charge in [0.2, 0.25) is 0 Å². The molecular weight excluding hydrogens is 204 g/mol. The Kier molecular flexibility index (Phi) is 137. The smallest absolute Gasteiger partial charge is 0.479 e. The summed E-state index contributed by atoms with van der Waals surface area (Å²) in [7, 11) is 0. The van der Waals surface area contributed by atoms with Crippen LogP contribution >= 0.6 is 0 Å². The zero-order chi connectivity index (χ0) is 5.15. The van der Waals surface area contributed by atoms with E-state index in [1.807, 2.05) is 0 Å². The van der Waals surface area contributed by atoms with E-state index in [0.717, 1.165) is 0 Å². The molecule has 12 N–H and O–H groups in total. The van der Waals surface area contributed by atoms with Gasteiger partial charge in [0.15, 0.2) is 0 Å². The van der Waals surface area contributed by atoms with Gasteiger partial charge < -0.3 is 37.6 Å². The van der Waals surface area contributed by atoms with Gasteiger partial charge in [-0.15, -0.1) is 0 Å². The molecule has 0 amide bonds. The van der Waals surface area contributed by atoms with Crippen molar-refractivity contribution < 1.29 is 42.4 Å². The van der Waals surface area contributed by atoms with Gasteiger partial charge in [-0.25, -0.2) is 4.79 Å². The number of carbonyl (C=O) groups is 1. The summed E-state index contributed by atoms with van der Waals surface area (Å²) >= 11 is 0. The van der Waals surface area contributed by atoms with E-state index in [4.69, 9.17) is 10.2 Å². The molecule has 0 aliphatic rings. The van der Waals surface area contributed by atoms with E-state index in [0.29, 0.717) is 0 Å². The predicted molar refractivity (Wildman–Crippen MR) is 43.1 cm³/mol. The number of aliphatic hydroxyl groups is 1. The topological polar surface area (TPSA) is 215 Å². The third-order valence-corrected chi connectivity index (χ3v) is 0.357. The average molecular weight is 220 g/mol. The SMILES string of the molecule is CC(O)C(=O)O.O.O.O.O.O.[Ca+2]. The van der Waals surface area contributed by atoms with Crippen molar-refractivity contribution >= 4 is 43.7 Å². The van der Waals surface area contributed by atoms with Gasteiger partial charge in [0.1, 0.15) is 6.10 Å². The van der Waals surface area contributed by atoms with Crippen LogP contribution in [0.15, 0.2) is 0 Å². The third kappa shape index (κ3) is 46.9. The molecule has 8 nitrogen and oxygen atoms in total. The molecule has 1 atom stereocenters. The second-order valence-electron chi connectivity index (χ2n) is 1.01. The quantitative estimate of drug-likeness (QED) is 0.415. The van der Waals surface area contributed by atoms with Gasteiger partial charge in [-0.2, -0.15) is 0 Å². The van der Waals surface area contributed by atoms with Crippen LogP contribution in [-0.2, 0) is 4.79 Å². The van der Waals surface area contributed by atoms with Crippen LogP contribution in [0.5, 0.6) is 0 Å². The van der Waals surface area contributed by atoms with Gasteiger partial charge in [-0.05, 0) is 6.92 Å². The maximum atomic E-state index is 9.45. The van der Waals surface area contributed by atoms with E-state index < -0.39 is 12.1 Å². The third-order valence-electron chi connectivity index (χ3n) is 0.357. The molecule has 9 heteroatoms. The zero-order valence-corrected chi connectivity index (χ0v) is 8.80. The first-order chi connectivity index (χ1) is 2.64. The minimum atomic E-state index is -1.23. The normalized spacial score (nSPS) is 6.83. The van der Waals surface area contributed by atoms with Gasteiger partial charge >= 0.3 is 43.7 Å². The van der Waals surface area contributed by atoms with Gasteiger partial charge in [0.25, 0.3) is 0 Å². The molecule has 76 valence electrons. The zero-order valence-electron chi connectivity index (χ0n) is 6.59. The first-order valence-corrected chi connectivity index (χ1v) is 1.55. The number of rotatable bonds is 1. The molecule has 0 aromatic carbocycles. The van der Waals surface area contributed by atoms with E-state index in [-0.39, 0.29) is 65.1 Å². The van der Waals surface area contributed by atoms with Crippen molar-refractivity contribution in [2.24, 2.45) is 0 Å². The molecule has 1 unspecified atom stereocenters. The minimum Gasteiger partial charge on any atom is -0.479 e. The van der Waals surface area contributed by atoms with E-state index in [2.05, 4.69) is 0 Å². The number of aliphatic carboxylic acids is 1. The molecule has 0 saturated carbocycles. The number of hydrogen-bond donors (Lipinski definition) is 2. The molecule has 0 aliphatic carbocycles. The van der Waals surface area contributed by atoms with E-state index in [1.165, 1.54) is 6.92 Å². The Hall–Kier alpha value is 0.490. The Morgan fingerprint density at radius 2 is 1.17 bits per heavy atom. The molecule has 0 radical (unpaired) electrons. The van der Waals surface area contributed by atoms with Crippen LogP contribution in [0.3, 0.4) is 0 Å². The van der Waals surface area contributed by atoms with Crippen molar-refractivity contribution in [2.75, 3.05) is 0 Å². The molecular formula is C3H16CaO8+2. The molecule has 0 aromatic heterocycles. The molecule has 0 aliphatic heterocycles. The summed E-state index contributed by atoms with van der Waals surface area (Å²) in [6.45, 7) is 1.20. The standard InChI is InChI=1S/C3H6O3.Ca.5H2O/c1-2(4)3(5)6;;;;;;/h2,4H,1H3,(H,5,6);;5*1H2/q;+2;;;;;. The number of carboxylic acid groups (broad SMARTS) is 1. The number of carboxylic acids is 1. The summed E-state index contributed by atoms with van der Waals surface area (Å²) in [5.41, 5.74) is 0. The first kappa shape index (κ1) is 54.7. The van der Waals surface area contributed by atoms with Crippen LogP contribution in [0, 0.1) is 0 Å². The summed E-state index contributed by atoms with van der Waals surface area (Å²) < 4.78 is 0. The molecule has 12 heavy (non-hydrogen) atoms. The summed E-state index contributed by atoms with van der Waals surface area (Å²) in [6.07, 6.45) is -1.23. The fourth-order valence-electron chi connectivity index (χ4n) is 0. The van der Waals surface area contributed by atoms with E-state index >= 15 is 0 Å². The molecule has 0 rings (SSSR count). The van der Waals surface area contributed by atoms with Crippen LogP contribution in [-0.4, -0.2) is 87.4 Å². The second kappa shape index (κ2) is 30.0. The van der Waals surface area contributed by atoms with Crippen LogP contribution in [0.25, 0.3) is 0 Å². The maximum Gasteiger partial charge on any atom is 2.00 e. The van der Waals surface area contributed by atoms with Crippen molar-refractivity contribution in [3.05, 3.63) is 0 Å². The van der Waals surface area contributed by atoms with Crippen molar-refractivity contribution in [2.45, 2.75) is 13.0 Å². The van der Waals surface area contributed by atoms with Crippen LogP contribution < -0.4 is 0 Å². The fraction of sp³-hybridized carbons (Fsp3) is 0.667. The van der Waals surface area contributed by atoms with Crippen LogP contribution in [0.4, 0.5) is 0 Å².